The van der Waals surface area contributed by atoms with Gasteiger partial charge in [0.05, 0.1) is 37.3 Å². The smallest absolute Gasteiger partial charge is 0.251 e. The molecule has 0 aromatic heterocycles. The predicted molar refractivity (Wildman–Crippen MR) is 178 cm³/mol. The minimum absolute atomic E-state index is 0.241. The topological polar surface area (TPSA) is 136 Å². The molecule has 6 N–H and O–H groups in total. The molecule has 10 nitrogen and oxygen atoms in total. The molecule has 1 aliphatic heterocycles. The van der Waals surface area contributed by atoms with Crippen LogP contribution in [0.4, 0.5) is 11.4 Å². The van der Waals surface area contributed by atoms with E-state index in [1.807, 2.05) is 68.4 Å². The van der Waals surface area contributed by atoms with Crippen LogP contribution >= 0.6 is 10.8 Å². The first-order chi connectivity index (χ1) is 21.2. The monoisotopic (exact) mass is 626 g/mol. The fraction of sp³-hybridized carbons (Fsp3) is 0.424. The van der Waals surface area contributed by atoms with Crippen LogP contribution in [0.15, 0.2) is 66.7 Å². The maximum atomic E-state index is 13.7. The van der Waals surface area contributed by atoms with Crippen LogP contribution in [0.25, 0.3) is 0 Å². The van der Waals surface area contributed by atoms with Gasteiger partial charge in [0.15, 0.2) is 11.5 Å². The van der Waals surface area contributed by atoms with Gasteiger partial charge in [0.25, 0.3) is 5.91 Å². The molecule has 0 aliphatic carbocycles. The summed E-state index contributed by atoms with van der Waals surface area (Å²) in [6.45, 7) is 6.27. The van der Waals surface area contributed by atoms with Crippen molar-refractivity contribution in [2.24, 2.45) is 0 Å². The van der Waals surface area contributed by atoms with E-state index in [-0.39, 0.29) is 12.5 Å². The number of nitrogens with zero attached hydrogens (tertiary/aromatic N) is 1. The number of anilines is 2. The lowest BCUT2D eigenvalue weighted by Crippen LogP contribution is -2.48. The number of carbonyl (C=O) groups excluding carboxylic acids is 1. The molecular weight excluding hydrogens is 580 g/mol. The molecule has 0 bridgehead atoms. The van der Waals surface area contributed by atoms with Crippen LogP contribution in [0.3, 0.4) is 0 Å². The highest BCUT2D eigenvalue weighted by molar-refractivity contribution is 8.25. The van der Waals surface area contributed by atoms with E-state index in [0.717, 1.165) is 24.0 Å². The third-order valence-electron chi connectivity index (χ3n) is 7.52. The molecule has 1 fully saturated rings. The van der Waals surface area contributed by atoms with Crippen molar-refractivity contribution >= 4 is 28.1 Å². The van der Waals surface area contributed by atoms with Crippen molar-refractivity contribution in [2.75, 3.05) is 48.7 Å². The van der Waals surface area contributed by atoms with E-state index in [4.69, 9.17) is 9.47 Å². The molecule has 4 rings (SSSR count). The molecule has 240 valence electrons. The van der Waals surface area contributed by atoms with E-state index in [2.05, 4.69) is 16.0 Å². The van der Waals surface area contributed by atoms with Gasteiger partial charge in [0, 0.05) is 37.4 Å². The third kappa shape index (κ3) is 9.02. The Labute approximate surface area is 262 Å². The summed E-state index contributed by atoms with van der Waals surface area (Å²) in [5, 5.41) is 20.9. The standard InChI is InChI=1S/C33H46N4O6S/c1-4-35-27-19-26(20-28(21-27)37-15-9-10-16-44(37,40)41)33(39)36-29(17-24-11-7-6-8-12-24)30(38)23-34-22-25-13-14-31(42-3)32(18-25)43-5-2/h6-8,11-14,18-21,29-30,34-35,38,40-41H,4-5,9-10,15-17,22-23H2,1-3H3,(H,36,39)/t29-,30+/m0/s1. The van der Waals surface area contributed by atoms with E-state index < -0.39 is 22.9 Å². The first-order valence-electron chi connectivity index (χ1n) is 15.2. The molecule has 0 unspecified atom stereocenters. The van der Waals surface area contributed by atoms with Crippen molar-refractivity contribution < 1.29 is 28.5 Å². The number of benzene rings is 3. The highest BCUT2D eigenvalue weighted by Crippen LogP contribution is 2.50. The number of amides is 1. The van der Waals surface area contributed by atoms with Gasteiger partial charge in [-0.1, -0.05) is 36.4 Å². The first kappa shape index (κ1) is 33.4. The van der Waals surface area contributed by atoms with Gasteiger partial charge in [-0.05, 0) is 74.6 Å². The average molecular weight is 627 g/mol. The Balaban J connectivity index is 1.51. The summed E-state index contributed by atoms with van der Waals surface area (Å²) in [5.41, 5.74) is 3.63. The Bertz CT molecular complexity index is 1360. The van der Waals surface area contributed by atoms with E-state index in [0.29, 0.717) is 66.9 Å². The largest absolute Gasteiger partial charge is 0.493 e. The Kier molecular flexibility index (Phi) is 12.2. The SMILES string of the molecule is CCNc1cc(C(=O)N[C@@H](Cc2ccccc2)[C@H](O)CNCc2ccc(OC)c(OCC)c2)cc(N2CCCCS2(O)O)c1. The fourth-order valence-electron chi connectivity index (χ4n) is 5.31. The summed E-state index contributed by atoms with van der Waals surface area (Å²) in [6, 6.07) is 20.1. The Hall–Kier alpha value is -3.48. The number of hydrogen-bond acceptors (Lipinski definition) is 9. The lowest BCUT2D eigenvalue weighted by atomic mass is 10.00. The molecule has 0 spiro atoms. The Morgan fingerprint density at radius 1 is 1.00 bits per heavy atom. The van der Waals surface area contributed by atoms with E-state index in [1.54, 1.807) is 23.5 Å². The maximum Gasteiger partial charge on any atom is 0.251 e. The lowest BCUT2D eigenvalue weighted by Gasteiger charge is -2.47. The van der Waals surface area contributed by atoms with Crippen LogP contribution < -0.4 is 29.7 Å². The van der Waals surface area contributed by atoms with Crippen molar-refractivity contribution in [1.29, 1.82) is 0 Å². The molecule has 1 amide bonds. The van der Waals surface area contributed by atoms with Gasteiger partial charge >= 0.3 is 0 Å². The zero-order chi connectivity index (χ0) is 31.5. The second-order valence-electron chi connectivity index (χ2n) is 10.8. The van der Waals surface area contributed by atoms with Crippen molar-refractivity contribution in [3.8, 4) is 11.5 Å². The first-order valence-corrected chi connectivity index (χ1v) is 16.9. The molecule has 0 radical (unpaired) electrons. The highest BCUT2D eigenvalue weighted by atomic mass is 32.3. The quantitative estimate of drug-likeness (QED) is 0.133. The number of nitrogens with one attached hydrogen (secondary N) is 3. The number of aliphatic hydroxyl groups is 1. The van der Waals surface area contributed by atoms with Crippen LogP contribution in [0.2, 0.25) is 0 Å². The molecule has 0 saturated carbocycles. The summed E-state index contributed by atoms with van der Waals surface area (Å²) in [6.07, 6.45) is 1.12. The van der Waals surface area contributed by atoms with Gasteiger partial charge in [0.1, 0.15) is 0 Å². The molecule has 3 aromatic rings. The molecule has 2 atom stereocenters. The summed E-state index contributed by atoms with van der Waals surface area (Å²) >= 11 is 0. The van der Waals surface area contributed by atoms with Gasteiger partial charge < -0.3 is 30.5 Å². The predicted octanol–water partition coefficient (Wildman–Crippen LogP) is 5.28. The van der Waals surface area contributed by atoms with Crippen LogP contribution in [-0.2, 0) is 13.0 Å². The zero-order valence-electron chi connectivity index (χ0n) is 25.8. The van der Waals surface area contributed by atoms with Gasteiger partial charge in [-0.2, -0.15) is 0 Å². The second-order valence-corrected chi connectivity index (χ2v) is 12.9. The average Bonchev–Trinajstić information content (AvgIpc) is 3.01. The van der Waals surface area contributed by atoms with E-state index in [1.165, 1.54) is 0 Å². The third-order valence-corrected chi connectivity index (χ3v) is 9.46. The number of carbonyl (C=O) groups is 1. The summed E-state index contributed by atoms with van der Waals surface area (Å²) in [7, 11) is -1.36. The second kappa shape index (κ2) is 16.0. The molecule has 11 heteroatoms. The van der Waals surface area contributed by atoms with Gasteiger partial charge in [-0.3, -0.25) is 18.2 Å². The van der Waals surface area contributed by atoms with Crippen molar-refractivity contribution in [1.82, 2.24) is 10.6 Å². The van der Waals surface area contributed by atoms with Crippen molar-refractivity contribution in [2.45, 2.75) is 51.8 Å². The zero-order valence-corrected chi connectivity index (χ0v) is 26.6. The number of hydrogen-bond donors (Lipinski definition) is 6. The van der Waals surface area contributed by atoms with E-state index >= 15 is 0 Å². The highest BCUT2D eigenvalue weighted by Gasteiger charge is 2.28. The van der Waals surface area contributed by atoms with Crippen LogP contribution in [0.5, 0.6) is 11.5 Å². The lowest BCUT2D eigenvalue weighted by molar-refractivity contribution is 0.0830. The normalized spacial score (nSPS) is 16.5. The van der Waals surface area contributed by atoms with Crippen molar-refractivity contribution in [3.63, 3.8) is 0 Å². The molecule has 1 aliphatic rings. The van der Waals surface area contributed by atoms with E-state index in [9.17, 15) is 19.0 Å². The minimum atomic E-state index is -2.96. The van der Waals surface area contributed by atoms with Crippen LogP contribution in [-0.4, -0.2) is 71.4 Å². The number of rotatable bonds is 15. The number of aliphatic hydroxyl groups excluding tert-OH is 1. The molecular formula is C33H46N4O6S. The summed E-state index contributed by atoms with van der Waals surface area (Å²) in [4.78, 5) is 13.7. The van der Waals surface area contributed by atoms with Gasteiger partial charge in [-0.15, -0.1) is 10.8 Å². The van der Waals surface area contributed by atoms with Crippen LogP contribution in [0.1, 0.15) is 48.2 Å². The number of ether oxygens (including phenoxy) is 2. The Morgan fingerprint density at radius 3 is 2.50 bits per heavy atom. The van der Waals surface area contributed by atoms with Gasteiger partial charge in [-0.25, -0.2) is 0 Å². The van der Waals surface area contributed by atoms with Crippen LogP contribution in [0, 0.1) is 0 Å². The summed E-state index contributed by atoms with van der Waals surface area (Å²) < 4.78 is 34.2. The van der Waals surface area contributed by atoms with Gasteiger partial charge in [0.2, 0.25) is 0 Å². The number of methoxy groups -OCH3 is 1. The molecule has 3 aromatic carbocycles. The summed E-state index contributed by atoms with van der Waals surface area (Å²) in [5.74, 6) is 1.28. The minimum Gasteiger partial charge on any atom is -0.493 e. The molecule has 1 heterocycles. The fourth-order valence-corrected chi connectivity index (χ4v) is 6.98. The van der Waals surface area contributed by atoms with Crippen molar-refractivity contribution in [3.05, 3.63) is 83.4 Å². The maximum absolute atomic E-state index is 13.7. The molecule has 44 heavy (non-hydrogen) atoms. The molecule has 1 saturated heterocycles. The Morgan fingerprint density at radius 2 is 1.80 bits per heavy atom.